The van der Waals surface area contributed by atoms with Crippen LogP contribution in [0.15, 0.2) is 29.2 Å². The zero-order chi connectivity index (χ0) is 12.6. The Hall–Kier alpha value is -0.960. The molecule has 1 aromatic heterocycles. The molecule has 5 heteroatoms. The number of pyridine rings is 1. The molecule has 0 radical (unpaired) electrons. The molecule has 88 valence electrons. The highest BCUT2D eigenvalue weighted by molar-refractivity contribution is 6.46. The molecular formula is C12H8Cl3NO. The maximum atomic E-state index is 11.2. The van der Waals surface area contributed by atoms with E-state index in [0.29, 0.717) is 20.6 Å². The van der Waals surface area contributed by atoms with E-state index in [1.807, 2.05) is 6.92 Å². The second kappa shape index (κ2) is 4.73. The lowest BCUT2D eigenvalue weighted by Gasteiger charge is -2.10. The lowest BCUT2D eigenvalue weighted by atomic mass is 10.0. The van der Waals surface area contributed by atoms with Crippen LogP contribution in [0.5, 0.6) is 0 Å². The van der Waals surface area contributed by atoms with Crippen LogP contribution in [-0.4, -0.2) is 4.98 Å². The van der Waals surface area contributed by atoms with E-state index in [4.69, 9.17) is 34.8 Å². The number of rotatable bonds is 1. The molecule has 2 aromatic rings. The Morgan fingerprint density at radius 1 is 1.12 bits per heavy atom. The summed E-state index contributed by atoms with van der Waals surface area (Å²) in [7, 11) is 0. The molecular weight excluding hydrogens is 280 g/mol. The Kier molecular flexibility index (Phi) is 3.48. The van der Waals surface area contributed by atoms with Gasteiger partial charge in [-0.1, -0.05) is 34.8 Å². The van der Waals surface area contributed by atoms with Crippen molar-refractivity contribution in [2.45, 2.75) is 6.92 Å². The van der Waals surface area contributed by atoms with Crippen LogP contribution in [0.4, 0.5) is 0 Å². The van der Waals surface area contributed by atoms with Gasteiger partial charge in [0.25, 0.3) is 0 Å². The minimum atomic E-state index is -0.166. The quantitative estimate of drug-likeness (QED) is 0.779. The maximum Gasteiger partial charge on any atom is 0.248 e. The van der Waals surface area contributed by atoms with Gasteiger partial charge in [-0.2, -0.15) is 0 Å². The largest absolute Gasteiger partial charge is 0.328 e. The van der Waals surface area contributed by atoms with Crippen LogP contribution in [0.3, 0.4) is 0 Å². The van der Waals surface area contributed by atoms with Crippen molar-refractivity contribution < 1.29 is 0 Å². The summed E-state index contributed by atoms with van der Waals surface area (Å²) < 4.78 is 0. The molecule has 17 heavy (non-hydrogen) atoms. The second-order valence-corrected chi connectivity index (χ2v) is 4.80. The summed E-state index contributed by atoms with van der Waals surface area (Å²) in [4.78, 5) is 13.8. The van der Waals surface area contributed by atoms with Crippen LogP contribution in [-0.2, 0) is 0 Å². The van der Waals surface area contributed by atoms with E-state index in [9.17, 15) is 4.79 Å². The van der Waals surface area contributed by atoms with Crippen molar-refractivity contribution >= 4 is 34.8 Å². The highest BCUT2D eigenvalue weighted by Crippen LogP contribution is 2.39. The van der Waals surface area contributed by atoms with Gasteiger partial charge in [-0.25, -0.2) is 0 Å². The summed E-state index contributed by atoms with van der Waals surface area (Å²) in [6.07, 6.45) is 1.58. The fourth-order valence-electron chi connectivity index (χ4n) is 1.62. The van der Waals surface area contributed by atoms with Crippen LogP contribution in [0.25, 0.3) is 11.1 Å². The van der Waals surface area contributed by atoms with Gasteiger partial charge in [0.15, 0.2) is 0 Å². The number of hydrogen-bond acceptors (Lipinski definition) is 1. The molecule has 0 atom stereocenters. The Morgan fingerprint density at radius 3 is 2.41 bits per heavy atom. The van der Waals surface area contributed by atoms with Crippen LogP contribution in [0.1, 0.15) is 5.56 Å². The lowest BCUT2D eigenvalue weighted by Crippen LogP contribution is -2.04. The number of halogens is 3. The smallest absolute Gasteiger partial charge is 0.248 e. The van der Waals surface area contributed by atoms with Crippen molar-refractivity contribution in [3.8, 4) is 11.1 Å². The number of aromatic amines is 1. The molecule has 0 unspecified atom stereocenters. The Balaban J connectivity index is 2.76. The van der Waals surface area contributed by atoms with Crippen molar-refractivity contribution in [1.82, 2.24) is 4.98 Å². The van der Waals surface area contributed by atoms with Gasteiger partial charge in [0.05, 0.1) is 15.1 Å². The zero-order valence-electron chi connectivity index (χ0n) is 8.85. The van der Waals surface area contributed by atoms with Crippen LogP contribution < -0.4 is 5.56 Å². The molecule has 0 aliphatic heterocycles. The van der Waals surface area contributed by atoms with E-state index in [0.717, 1.165) is 11.1 Å². The van der Waals surface area contributed by atoms with Crippen LogP contribution in [0, 0.1) is 6.92 Å². The van der Waals surface area contributed by atoms with Crippen molar-refractivity contribution in [1.29, 1.82) is 0 Å². The highest BCUT2D eigenvalue weighted by Gasteiger charge is 2.13. The van der Waals surface area contributed by atoms with Gasteiger partial charge < -0.3 is 4.98 Å². The minimum absolute atomic E-state index is 0.166. The molecule has 0 fully saturated rings. The summed E-state index contributed by atoms with van der Waals surface area (Å²) in [5, 5.41) is 1.31. The molecule has 0 saturated heterocycles. The molecule has 1 aromatic carbocycles. The number of hydrogen-bond donors (Lipinski definition) is 1. The third-order valence-electron chi connectivity index (χ3n) is 2.44. The predicted octanol–water partition coefficient (Wildman–Crippen LogP) is 4.31. The molecule has 0 spiro atoms. The summed E-state index contributed by atoms with van der Waals surface area (Å²) in [6, 6.07) is 4.80. The van der Waals surface area contributed by atoms with E-state index >= 15 is 0 Å². The molecule has 2 rings (SSSR count). The zero-order valence-corrected chi connectivity index (χ0v) is 11.1. The van der Waals surface area contributed by atoms with Crippen LogP contribution in [0.2, 0.25) is 15.1 Å². The summed E-state index contributed by atoms with van der Waals surface area (Å²) >= 11 is 18.2. The van der Waals surface area contributed by atoms with Crippen LogP contribution >= 0.6 is 34.8 Å². The normalized spacial score (nSPS) is 10.6. The number of H-pyrrole nitrogens is 1. The number of nitrogens with one attached hydrogen (secondary N) is 1. The van der Waals surface area contributed by atoms with Crippen molar-refractivity contribution in [3.63, 3.8) is 0 Å². The number of aromatic nitrogens is 1. The monoisotopic (exact) mass is 287 g/mol. The standard InChI is InChI=1S/C12H8Cl3NO/c1-6-4-10(17)16-5-7(6)11-8(13)2-3-9(14)12(11)15/h2-5H,1H3,(H,16,17). The van der Waals surface area contributed by atoms with Crippen molar-refractivity contribution in [2.75, 3.05) is 0 Å². The van der Waals surface area contributed by atoms with Gasteiger partial charge in [0.1, 0.15) is 0 Å². The van der Waals surface area contributed by atoms with E-state index in [-0.39, 0.29) is 5.56 Å². The Bertz CT molecular complexity index is 634. The van der Waals surface area contributed by atoms with Crippen molar-refractivity contribution in [2.24, 2.45) is 0 Å². The summed E-state index contributed by atoms with van der Waals surface area (Å²) in [5.74, 6) is 0. The molecule has 0 aliphatic rings. The molecule has 0 saturated carbocycles. The number of benzene rings is 1. The fourth-order valence-corrected chi connectivity index (χ4v) is 2.35. The van der Waals surface area contributed by atoms with Gasteiger partial charge in [0.2, 0.25) is 5.56 Å². The van der Waals surface area contributed by atoms with E-state index < -0.39 is 0 Å². The van der Waals surface area contributed by atoms with E-state index in [2.05, 4.69) is 4.98 Å². The predicted molar refractivity (Wildman–Crippen MR) is 72.3 cm³/mol. The van der Waals surface area contributed by atoms with E-state index in [1.165, 1.54) is 6.07 Å². The maximum absolute atomic E-state index is 11.2. The average molecular weight is 289 g/mol. The van der Waals surface area contributed by atoms with Gasteiger partial charge in [-0.05, 0) is 24.6 Å². The third-order valence-corrected chi connectivity index (χ3v) is 3.56. The fraction of sp³-hybridized carbons (Fsp3) is 0.0833. The van der Waals surface area contributed by atoms with Gasteiger partial charge in [-0.15, -0.1) is 0 Å². The first-order valence-corrected chi connectivity index (χ1v) is 5.97. The summed E-state index contributed by atoms with van der Waals surface area (Å²) in [6.45, 7) is 1.82. The second-order valence-electron chi connectivity index (χ2n) is 3.61. The first kappa shape index (κ1) is 12.5. The lowest BCUT2D eigenvalue weighted by molar-refractivity contribution is 1.21. The SMILES string of the molecule is Cc1cc(=O)[nH]cc1-c1c(Cl)ccc(Cl)c1Cl. The first-order valence-electron chi connectivity index (χ1n) is 4.84. The van der Waals surface area contributed by atoms with Gasteiger partial charge in [-0.3, -0.25) is 4.79 Å². The molecule has 2 nitrogen and oxygen atoms in total. The molecule has 0 aliphatic carbocycles. The number of aryl methyl sites for hydroxylation is 1. The Morgan fingerprint density at radius 2 is 1.76 bits per heavy atom. The topological polar surface area (TPSA) is 32.9 Å². The minimum Gasteiger partial charge on any atom is -0.328 e. The highest BCUT2D eigenvalue weighted by atomic mass is 35.5. The molecule has 0 bridgehead atoms. The first-order chi connectivity index (χ1) is 8.00. The molecule has 1 heterocycles. The average Bonchev–Trinajstić information content (AvgIpc) is 2.27. The van der Waals surface area contributed by atoms with Gasteiger partial charge in [0, 0.05) is 23.4 Å². The van der Waals surface area contributed by atoms with Crippen molar-refractivity contribution in [3.05, 3.63) is 55.4 Å². The van der Waals surface area contributed by atoms with Gasteiger partial charge >= 0.3 is 0 Å². The molecule has 0 amide bonds. The van der Waals surface area contributed by atoms with E-state index in [1.54, 1.807) is 18.3 Å². The molecule has 1 N–H and O–H groups in total. The summed E-state index contributed by atoms with van der Waals surface area (Å²) in [5.41, 5.74) is 2.03. The Labute approximate surface area is 113 Å². The third kappa shape index (κ3) is 2.34.